The number of likely N-dealkylation sites (tertiary alicyclic amines) is 1. The molecule has 0 aliphatic carbocycles. The van der Waals surface area contributed by atoms with Crippen LogP contribution in [0.25, 0.3) is 0 Å². The predicted octanol–water partition coefficient (Wildman–Crippen LogP) is 1.56. The summed E-state index contributed by atoms with van der Waals surface area (Å²) in [5.74, 6) is -0.0515. The lowest BCUT2D eigenvalue weighted by Gasteiger charge is -2.35. The van der Waals surface area contributed by atoms with Crippen LogP contribution in [-0.4, -0.2) is 35.1 Å². The maximum absolute atomic E-state index is 12.5. The van der Waals surface area contributed by atoms with Crippen molar-refractivity contribution in [1.29, 1.82) is 0 Å². The molecular weight excluding hydrogens is 228 g/mol. The molecular formula is C14H20N2O2. The first-order valence-electron chi connectivity index (χ1n) is 6.42. The maximum atomic E-state index is 12.5. The lowest BCUT2D eigenvalue weighted by atomic mass is 9.99. The van der Waals surface area contributed by atoms with Crippen LogP contribution in [0.3, 0.4) is 0 Å². The van der Waals surface area contributed by atoms with E-state index in [1.807, 2.05) is 19.1 Å². The molecule has 1 aliphatic rings. The molecule has 1 atom stereocenters. The molecule has 1 unspecified atom stereocenters. The lowest BCUT2D eigenvalue weighted by Crippen LogP contribution is -2.46. The quantitative estimate of drug-likeness (QED) is 0.781. The molecule has 1 saturated heterocycles. The monoisotopic (exact) mass is 248 g/mol. The zero-order chi connectivity index (χ0) is 13.1. The maximum Gasteiger partial charge on any atom is 0.256 e. The van der Waals surface area contributed by atoms with Crippen LogP contribution in [0.5, 0.6) is 0 Å². The van der Waals surface area contributed by atoms with Crippen molar-refractivity contribution in [2.45, 2.75) is 32.2 Å². The third kappa shape index (κ3) is 2.34. The molecule has 1 aliphatic heterocycles. The summed E-state index contributed by atoms with van der Waals surface area (Å²) in [6.07, 6.45) is 2.93. The molecule has 2 rings (SSSR count). The van der Waals surface area contributed by atoms with Gasteiger partial charge in [-0.15, -0.1) is 0 Å². The highest BCUT2D eigenvalue weighted by atomic mass is 16.3. The molecule has 18 heavy (non-hydrogen) atoms. The van der Waals surface area contributed by atoms with E-state index in [0.29, 0.717) is 17.8 Å². The Bertz CT molecular complexity index is 425. The van der Waals surface area contributed by atoms with Crippen molar-refractivity contribution in [3.8, 4) is 0 Å². The smallest absolute Gasteiger partial charge is 0.256 e. The van der Waals surface area contributed by atoms with E-state index in [-0.39, 0.29) is 18.6 Å². The molecule has 98 valence electrons. The van der Waals surface area contributed by atoms with Crippen molar-refractivity contribution in [2.24, 2.45) is 0 Å². The van der Waals surface area contributed by atoms with E-state index in [4.69, 9.17) is 5.73 Å². The van der Waals surface area contributed by atoms with Crippen molar-refractivity contribution in [3.05, 3.63) is 29.3 Å². The van der Waals surface area contributed by atoms with Crippen LogP contribution in [0, 0.1) is 6.92 Å². The van der Waals surface area contributed by atoms with E-state index in [1.54, 1.807) is 11.0 Å². The first-order valence-corrected chi connectivity index (χ1v) is 6.42. The molecule has 0 bridgehead atoms. The molecule has 0 aromatic heterocycles. The van der Waals surface area contributed by atoms with Gasteiger partial charge in [0.2, 0.25) is 0 Å². The minimum absolute atomic E-state index is 0.0253. The molecule has 1 fully saturated rings. The summed E-state index contributed by atoms with van der Waals surface area (Å²) in [6, 6.07) is 5.42. The van der Waals surface area contributed by atoms with Crippen LogP contribution in [0.2, 0.25) is 0 Å². The molecule has 1 aromatic rings. The van der Waals surface area contributed by atoms with Crippen LogP contribution in [-0.2, 0) is 0 Å². The van der Waals surface area contributed by atoms with Gasteiger partial charge in [0.25, 0.3) is 5.91 Å². The van der Waals surface area contributed by atoms with Crippen LogP contribution >= 0.6 is 0 Å². The van der Waals surface area contributed by atoms with E-state index in [1.165, 1.54) is 0 Å². The number of anilines is 1. The first-order chi connectivity index (χ1) is 8.65. The van der Waals surface area contributed by atoms with E-state index >= 15 is 0 Å². The van der Waals surface area contributed by atoms with Crippen LogP contribution in [0.15, 0.2) is 18.2 Å². The highest BCUT2D eigenvalue weighted by Gasteiger charge is 2.28. The number of rotatable bonds is 2. The van der Waals surface area contributed by atoms with Crippen LogP contribution < -0.4 is 5.73 Å². The van der Waals surface area contributed by atoms with Gasteiger partial charge < -0.3 is 15.7 Å². The molecule has 0 radical (unpaired) electrons. The third-order valence-electron chi connectivity index (χ3n) is 3.62. The van der Waals surface area contributed by atoms with Gasteiger partial charge in [0.05, 0.1) is 18.2 Å². The van der Waals surface area contributed by atoms with Gasteiger partial charge in [0.15, 0.2) is 0 Å². The molecule has 0 saturated carbocycles. The van der Waals surface area contributed by atoms with Gasteiger partial charge >= 0.3 is 0 Å². The number of benzene rings is 1. The summed E-state index contributed by atoms with van der Waals surface area (Å²) in [5, 5.41) is 9.37. The fourth-order valence-corrected chi connectivity index (χ4v) is 2.58. The number of aliphatic hydroxyl groups is 1. The SMILES string of the molecule is Cc1cccc(N)c1C(=O)N1CCCCC1CO. The Kier molecular flexibility index (Phi) is 3.87. The van der Waals surface area contributed by atoms with Gasteiger partial charge in [-0.2, -0.15) is 0 Å². The first kappa shape index (κ1) is 12.9. The number of carbonyl (C=O) groups is 1. The lowest BCUT2D eigenvalue weighted by molar-refractivity contribution is 0.0503. The number of piperidine rings is 1. The van der Waals surface area contributed by atoms with Crippen molar-refractivity contribution < 1.29 is 9.90 Å². The Hall–Kier alpha value is -1.55. The number of aryl methyl sites for hydroxylation is 1. The van der Waals surface area contributed by atoms with E-state index in [9.17, 15) is 9.90 Å². The molecule has 4 nitrogen and oxygen atoms in total. The van der Waals surface area contributed by atoms with E-state index in [2.05, 4.69) is 0 Å². The number of aliphatic hydroxyl groups excluding tert-OH is 1. The fraction of sp³-hybridized carbons (Fsp3) is 0.500. The van der Waals surface area contributed by atoms with Gasteiger partial charge in [-0.1, -0.05) is 12.1 Å². The number of carbonyl (C=O) groups excluding carboxylic acids is 1. The van der Waals surface area contributed by atoms with Crippen molar-refractivity contribution in [3.63, 3.8) is 0 Å². The largest absolute Gasteiger partial charge is 0.398 e. The summed E-state index contributed by atoms with van der Waals surface area (Å²) < 4.78 is 0. The second-order valence-electron chi connectivity index (χ2n) is 4.87. The highest BCUT2D eigenvalue weighted by molar-refractivity contribution is 6.00. The van der Waals surface area contributed by atoms with Crippen molar-refractivity contribution >= 4 is 11.6 Å². The van der Waals surface area contributed by atoms with Gasteiger partial charge in [-0.3, -0.25) is 4.79 Å². The second-order valence-corrected chi connectivity index (χ2v) is 4.87. The molecule has 4 heteroatoms. The van der Waals surface area contributed by atoms with Crippen LogP contribution in [0.1, 0.15) is 35.2 Å². The van der Waals surface area contributed by atoms with Gasteiger partial charge in [-0.25, -0.2) is 0 Å². The zero-order valence-electron chi connectivity index (χ0n) is 10.7. The molecule has 1 amide bonds. The average Bonchev–Trinajstić information content (AvgIpc) is 2.38. The Labute approximate surface area is 107 Å². The van der Waals surface area contributed by atoms with Gasteiger partial charge in [-0.05, 0) is 37.8 Å². The Balaban J connectivity index is 2.30. The number of nitrogen functional groups attached to an aromatic ring is 1. The van der Waals surface area contributed by atoms with Crippen molar-refractivity contribution in [1.82, 2.24) is 4.90 Å². The van der Waals surface area contributed by atoms with Crippen molar-refractivity contribution in [2.75, 3.05) is 18.9 Å². The number of amides is 1. The number of hydrogen-bond acceptors (Lipinski definition) is 3. The highest BCUT2D eigenvalue weighted by Crippen LogP contribution is 2.24. The molecule has 1 heterocycles. The van der Waals surface area contributed by atoms with E-state index < -0.39 is 0 Å². The average molecular weight is 248 g/mol. The van der Waals surface area contributed by atoms with E-state index in [0.717, 1.165) is 24.8 Å². The normalized spacial score (nSPS) is 19.9. The number of nitrogens with zero attached hydrogens (tertiary/aromatic N) is 1. The summed E-state index contributed by atoms with van der Waals surface area (Å²) in [4.78, 5) is 14.3. The summed E-state index contributed by atoms with van der Waals surface area (Å²) in [7, 11) is 0. The second kappa shape index (κ2) is 5.40. The Morgan fingerprint density at radius 3 is 2.94 bits per heavy atom. The minimum atomic E-state index is -0.0646. The third-order valence-corrected chi connectivity index (χ3v) is 3.62. The molecule has 3 N–H and O–H groups in total. The Morgan fingerprint density at radius 2 is 2.28 bits per heavy atom. The number of nitrogens with two attached hydrogens (primary N) is 1. The van der Waals surface area contributed by atoms with Gasteiger partial charge in [0, 0.05) is 12.2 Å². The van der Waals surface area contributed by atoms with Crippen LogP contribution in [0.4, 0.5) is 5.69 Å². The fourth-order valence-electron chi connectivity index (χ4n) is 2.58. The topological polar surface area (TPSA) is 66.6 Å². The zero-order valence-corrected chi connectivity index (χ0v) is 10.7. The minimum Gasteiger partial charge on any atom is -0.398 e. The summed E-state index contributed by atoms with van der Waals surface area (Å²) in [6.45, 7) is 2.62. The summed E-state index contributed by atoms with van der Waals surface area (Å²) >= 11 is 0. The molecule has 0 spiro atoms. The standard InChI is InChI=1S/C14H20N2O2/c1-10-5-4-7-12(15)13(10)14(18)16-8-3-2-6-11(16)9-17/h4-5,7,11,17H,2-3,6,8-9,15H2,1H3. The predicted molar refractivity (Wildman–Crippen MR) is 71.4 cm³/mol. The Morgan fingerprint density at radius 1 is 1.50 bits per heavy atom. The van der Waals surface area contributed by atoms with Gasteiger partial charge in [0.1, 0.15) is 0 Å². The summed E-state index contributed by atoms with van der Waals surface area (Å²) in [5.41, 5.74) is 7.89. The molecule has 1 aromatic carbocycles. The number of hydrogen-bond donors (Lipinski definition) is 2.